The number of ether oxygens (including phenoxy) is 1. The van der Waals surface area contributed by atoms with E-state index < -0.39 is 27.8 Å². The van der Waals surface area contributed by atoms with Gasteiger partial charge >= 0.3 is 6.18 Å². The first-order valence-corrected chi connectivity index (χ1v) is 15.6. The fourth-order valence-corrected chi connectivity index (χ4v) is 6.34. The maximum atomic E-state index is 13.9. The van der Waals surface area contributed by atoms with Crippen LogP contribution in [0, 0.1) is 5.92 Å². The summed E-state index contributed by atoms with van der Waals surface area (Å²) in [7, 11) is -0.0567. The third-order valence-electron chi connectivity index (χ3n) is 7.67. The molecule has 2 aromatic rings. The van der Waals surface area contributed by atoms with Crippen molar-refractivity contribution >= 4 is 27.6 Å². The van der Waals surface area contributed by atoms with Gasteiger partial charge < -0.3 is 20.3 Å². The molecule has 1 aromatic heterocycles. The smallest absolute Gasteiger partial charge is 0.419 e. The number of alkyl halides is 3. The minimum atomic E-state index is -4.68. The summed E-state index contributed by atoms with van der Waals surface area (Å²) < 4.78 is 73.4. The molecule has 2 aliphatic rings. The van der Waals surface area contributed by atoms with Gasteiger partial charge in [0.2, 0.25) is 16.0 Å². The summed E-state index contributed by atoms with van der Waals surface area (Å²) in [5.74, 6) is -0.351. The number of anilines is 2. The number of nitrogens with one attached hydrogen (secondary N) is 3. The highest BCUT2D eigenvalue weighted by molar-refractivity contribution is 7.88. The van der Waals surface area contributed by atoms with E-state index in [1.54, 1.807) is 18.2 Å². The first kappa shape index (κ1) is 31.0. The number of amides is 1. The number of carbonyl (C=O) groups excluding carboxylic acids is 1. The normalized spacial score (nSPS) is 20.9. The Morgan fingerprint density at radius 2 is 1.85 bits per heavy atom. The minimum Gasteiger partial charge on any atom is -0.495 e. The SMILES string of the molecule is COc1cc(C(=O)NC2CCN(C)CC2)ccc1Nc1ncc(C(F)(F)F)c(CC2CCCC[C@H]2NS(C)(=O)=O)n1. The lowest BCUT2D eigenvalue weighted by Gasteiger charge is -2.32. The van der Waals surface area contributed by atoms with Gasteiger partial charge in [-0.25, -0.2) is 23.1 Å². The molecule has 1 amide bonds. The Balaban J connectivity index is 1.54. The molecule has 0 bridgehead atoms. The number of piperidine rings is 1. The topological polar surface area (TPSA) is 126 Å². The average molecular weight is 599 g/mol. The summed E-state index contributed by atoms with van der Waals surface area (Å²) >= 11 is 0. The number of hydrogen-bond donors (Lipinski definition) is 3. The first-order valence-electron chi connectivity index (χ1n) is 13.7. The second-order valence-corrected chi connectivity index (χ2v) is 12.7. The summed E-state index contributed by atoms with van der Waals surface area (Å²) in [6, 6.07) is 4.36. The molecule has 14 heteroatoms. The summed E-state index contributed by atoms with van der Waals surface area (Å²) in [5, 5.41) is 5.96. The molecule has 3 N–H and O–H groups in total. The molecule has 0 spiro atoms. The van der Waals surface area contributed by atoms with Crippen LogP contribution in [-0.4, -0.2) is 74.8 Å². The van der Waals surface area contributed by atoms with Crippen LogP contribution in [0.15, 0.2) is 24.4 Å². The van der Waals surface area contributed by atoms with Crippen LogP contribution < -0.4 is 20.1 Å². The monoisotopic (exact) mass is 598 g/mol. The standard InChI is InChI=1S/C27H37F3N6O4S/c1-36-12-10-19(11-13-36)32-25(37)18-8-9-22(24(15-18)40-2)33-26-31-16-20(27(28,29)30)23(34-26)14-17-6-4-5-7-21(17)35-41(3,38)39/h8-9,15-17,19,21,35H,4-7,10-14H2,1-3H3,(H,32,37)(H,31,33,34)/t17?,21-/m1/s1. The molecule has 4 rings (SSSR count). The highest BCUT2D eigenvalue weighted by Crippen LogP contribution is 2.36. The fourth-order valence-electron chi connectivity index (χ4n) is 5.48. The van der Waals surface area contributed by atoms with Crippen LogP contribution in [0.1, 0.15) is 60.1 Å². The third kappa shape index (κ3) is 8.52. The van der Waals surface area contributed by atoms with Crippen LogP contribution in [0.5, 0.6) is 5.75 Å². The molecule has 1 saturated carbocycles. The first-order chi connectivity index (χ1) is 19.3. The van der Waals surface area contributed by atoms with E-state index in [-0.39, 0.29) is 35.9 Å². The number of sulfonamides is 1. The molecule has 1 aromatic carbocycles. The van der Waals surface area contributed by atoms with Gasteiger partial charge in [-0.2, -0.15) is 13.2 Å². The van der Waals surface area contributed by atoms with Crippen molar-refractivity contribution in [2.24, 2.45) is 5.92 Å². The molecule has 0 radical (unpaired) electrons. The summed E-state index contributed by atoms with van der Waals surface area (Å²) in [6.07, 6.45) is 1.46. The average Bonchev–Trinajstić information content (AvgIpc) is 2.90. The lowest BCUT2D eigenvalue weighted by atomic mass is 9.81. The Labute approximate surface area is 238 Å². The summed E-state index contributed by atoms with van der Waals surface area (Å²) in [6.45, 7) is 1.81. The maximum absolute atomic E-state index is 13.9. The molecule has 1 aliphatic heterocycles. The molecule has 1 saturated heterocycles. The van der Waals surface area contributed by atoms with Crippen molar-refractivity contribution in [2.45, 2.75) is 63.2 Å². The number of hydrogen-bond acceptors (Lipinski definition) is 8. The van der Waals surface area contributed by atoms with Crippen LogP contribution in [0.2, 0.25) is 0 Å². The van der Waals surface area contributed by atoms with Crippen molar-refractivity contribution < 1.29 is 31.1 Å². The number of halogens is 3. The van der Waals surface area contributed by atoms with Gasteiger partial charge in [0, 0.05) is 23.8 Å². The quantitative estimate of drug-likeness (QED) is 0.399. The zero-order valence-corrected chi connectivity index (χ0v) is 24.2. The van der Waals surface area contributed by atoms with E-state index >= 15 is 0 Å². The van der Waals surface area contributed by atoms with Crippen molar-refractivity contribution in [3.8, 4) is 5.75 Å². The number of methoxy groups -OCH3 is 1. The van der Waals surface area contributed by atoms with E-state index in [1.807, 2.05) is 7.05 Å². The predicted octanol–water partition coefficient (Wildman–Crippen LogP) is 3.72. The molecule has 41 heavy (non-hydrogen) atoms. The van der Waals surface area contributed by atoms with Gasteiger partial charge in [-0.05, 0) is 76.4 Å². The van der Waals surface area contributed by atoms with Crippen molar-refractivity contribution in [3.05, 3.63) is 41.2 Å². The van der Waals surface area contributed by atoms with Crippen LogP contribution in [0.3, 0.4) is 0 Å². The molecule has 10 nitrogen and oxygen atoms in total. The van der Waals surface area contributed by atoms with Gasteiger partial charge in [0.15, 0.2) is 0 Å². The summed E-state index contributed by atoms with van der Waals surface area (Å²) in [4.78, 5) is 23.2. The van der Waals surface area contributed by atoms with Gasteiger partial charge in [-0.1, -0.05) is 12.8 Å². The van der Waals surface area contributed by atoms with Gasteiger partial charge in [0.1, 0.15) is 5.75 Å². The maximum Gasteiger partial charge on any atom is 0.419 e. The van der Waals surface area contributed by atoms with Crippen molar-refractivity contribution in [2.75, 3.05) is 38.8 Å². The highest BCUT2D eigenvalue weighted by atomic mass is 32.2. The second kappa shape index (κ2) is 12.9. The number of nitrogens with zero attached hydrogens (tertiary/aromatic N) is 3. The molecule has 1 unspecified atom stereocenters. The van der Waals surface area contributed by atoms with Crippen LogP contribution >= 0.6 is 0 Å². The fraction of sp³-hybridized carbons (Fsp3) is 0.593. The van der Waals surface area contributed by atoms with Gasteiger partial charge in [-0.3, -0.25) is 4.79 Å². The largest absolute Gasteiger partial charge is 0.495 e. The number of rotatable bonds is 9. The Morgan fingerprint density at radius 3 is 2.51 bits per heavy atom. The van der Waals surface area contributed by atoms with E-state index in [0.717, 1.165) is 51.2 Å². The predicted molar refractivity (Wildman–Crippen MR) is 149 cm³/mol. The van der Waals surface area contributed by atoms with Crippen LogP contribution in [0.4, 0.5) is 24.8 Å². The molecule has 226 valence electrons. The molecular weight excluding hydrogens is 561 g/mol. The number of carbonyl (C=O) groups is 1. The lowest BCUT2D eigenvalue weighted by molar-refractivity contribution is -0.138. The molecule has 2 heterocycles. The Kier molecular flexibility index (Phi) is 9.75. The van der Waals surface area contributed by atoms with Crippen molar-refractivity contribution in [1.82, 2.24) is 24.9 Å². The number of likely N-dealkylation sites (tertiary alicyclic amines) is 1. The number of aromatic nitrogens is 2. The molecule has 2 atom stereocenters. The zero-order valence-electron chi connectivity index (χ0n) is 23.4. The van der Waals surface area contributed by atoms with E-state index in [9.17, 15) is 26.4 Å². The lowest BCUT2D eigenvalue weighted by Crippen LogP contribution is -2.43. The van der Waals surface area contributed by atoms with E-state index in [2.05, 4.69) is 30.2 Å². The van der Waals surface area contributed by atoms with Crippen molar-refractivity contribution in [1.29, 1.82) is 0 Å². The minimum absolute atomic E-state index is 0.0631. The van der Waals surface area contributed by atoms with Crippen molar-refractivity contribution in [3.63, 3.8) is 0 Å². The van der Waals surface area contributed by atoms with Gasteiger partial charge in [0.05, 0.1) is 30.3 Å². The Hall–Kier alpha value is -2.97. The zero-order chi connectivity index (χ0) is 29.8. The van der Waals surface area contributed by atoms with Crippen LogP contribution in [-0.2, 0) is 22.6 Å². The third-order valence-corrected chi connectivity index (χ3v) is 8.40. The second-order valence-electron chi connectivity index (χ2n) is 10.9. The Bertz CT molecular complexity index is 1330. The number of benzene rings is 1. The molecule has 2 fully saturated rings. The highest BCUT2D eigenvalue weighted by Gasteiger charge is 2.37. The van der Waals surface area contributed by atoms with Crippen LogP contribution in [0.25, 0.3) is 0 Å². The molecule has 1 aliphatic carbocycles. The van der Waals surface area contributed by atoms with E-state index in [1.165, 1.54) is 7.11 Å². The summed E-state index contributed by atoms with van der Waals surface area (Å²) in [5.41, 5.74) is -0.402. The Morgan fingerprint density at radius 1 is 1.15 bits per heavy atom. The van der Waals surface area contributed by atoms with E-state index in [0.29, 0.717) is 29.8 Å². The van der Waals surface area contributed by atoms with E-state index in [4.69, 9.17) is 4.74 Å². The van der Waals surface area contributed by atoms with Gasteiger partial charge in [-0.15, -0.1) is 0 Å². The van der Waals surface area contributed by atoms with Gasteiger partial charge in [0.25, 0.3) is 5.91 Å². The molecular formula is C27H37F3N6O4S.